The Morgan fingerprint density at radius 3 is 2.57 bits per heavy atom. The Morgan fingerprint density at radius 2 is 1.86 bits per heavy atom. The molecule has 0 radical (unpaired) electrons. The van der Waals surface area contributed by atoms with E-state index in [0.717, 1.165) is 42.3 Å². The molecule has 0 N–H and O–H groups in total. The number of nitrogens with zero attached hydrogens (tertiary/aromatic N) is 3. The van der Waals surface area contributed by atoms with Gasteiger partial charge in [-0.3, -0.25) is 4.79 Å². The Bertz CT molecular complexity index is 1060. The van der Waals surface area contributed by atoms with Crippen molar-refractivity contribution in [3.05, 3.63) is 65.2 Å². The van der Waals surface area contributed by atoms with Crippen LogP contribution in [-0.2, 0) is 7.05 Å². The smallest absolute Gasteiger partial charge is 0.254 e. The topological polar surface area (TPSA) is 38.1 Å². The van der Waals surface area contributed by atoms with Crippen molar-refractivity contribution in [2.24, 2.45) is 7.05 Å². The SMILES string of the molecule is Cc1cc(C2C[C@H]3CC[C@@H](C2)N3C(=O)c2ccc3c(c2)ncn3C)ccc1F. The third kappa shape index (κ3) is 2.72. The Balaban J connectivity index is 1.39. The number of rotatable bonds is 2. The van der Waals surface area contributed by atoms with Crippen molar-refractivity contribution in [2.75, 3.05) is 0 Å². The number of hydrogen-bond donors (Lipinski definition) is 0. The average Bonchev–Trinajstić information content (AvgIpc) is 3.19. The number of benzene rings is 2. The first-order valence-electron chi connectivity index (χ1n) is 10.0. The van der Waals surface area contributed by atoms with Gasteiger partial charge in [-0.25, -0.2) is 9.37 Å². The molecular formula is C23H24FN3O. The summed E-state index contributed by atoms with van der Waals surface area (Å²) in [5.74, 6) is 0.372. The summed E-state index contributed by atoms with van der Waals surface area (Å²) < 4.78 is 15.6. The van der Waals surface area contributed by atoms with Crippen LogP contribution in [0.5, 0.6) is 0 Å². The normalized spacial score (nSPS) is 24.1. The number of halogens is 1. The fourth-order valence-corrected chi connectivity index (χ4v) is 5.12. The van der Waals surface area contributed by atoms with E-state index in [2.05, 4.69) is 9.88 Å². The number of aryl methyl sites for hydroxylation is 2. The molecule has 2 saturated heterocycles. The van der Waals surface area contributed by atoms with Crippen LogP contribution in [0.25, 0.3) is 11.0 Å². The molecule has 5 heteroatoms. The molecular weight excluding hydrogens is 353 g/mol. The minimum absolute atomic E-state index is 0.119. The lowest BCUT2D eigenvalue weighted by atomic mass is 9.84. The monoisotopic (exact) mass is 377 g/mol. The minimum atomic E-state index is -0.149. The molecule has 0 saturated carbocycles. The maximum atomic E-state index is 13.6. The molecule has 3 atom stereocenters. The zero-order valence-corrected chi connectivity index (χ0v) is 16.2. The van der Waals surface area contributed by atoms with Crippen LogP contribution >= 0.6 is 0 Å². The molecule has 2 aromatic carbocycles. The average molecular weight is 377 g/mol. The first-order valence-corrected chi connectivity index (χ1v) is 10.0. The minimum Gasteiger partial charge on any atom is -0.334 e. The van der Waals surface area contributed by atoms with E-state index in [0.29, 0.717) is 11.5 Å². The van der Waals surface area contributed by atoms with E-state index in [1.54, 1.807) is 12.4 Å². The lowest BCUT2D eigenvalue weighted by Gasteiger charge is -2.39. The molecule has 2 aliphatic heterocycles. The van der Waals surface area contributed by atoms with Gasteiger partial charge in [0.25, 0.3) is 5.91 Å². The van der Waals surface area contributed by atoms with E-state index in [9.17, 15) is 9.18 Å². The highest BCUT2D eigenvalue weighted by molar-refractivity contribution is 5.98. The highest BCUT2D eigenvalue weighted by Crippen LogP contribution is 2.44. The maximum Gasteiger partial charge on any atom is 0.254 e. The number of amides is 1. The van der Waals surface area contributed by atoms with E-state index in [-0.39, 0.29) is 23.8 Å². The van der Waals surface area contributed by atoms with E-state index >= 15 is 0 Å². The van der Waals surface area contributed by atoms with Gasteiger partial charge in [0.15, 0.2) is 0 Å². The van der Waals surface area contributed by atoms with Crippen LogP contribution in [0.4, 0.5) is 4.39 Å². The van der Waals surface area contributed by atoms with Crippen molar-refractivity contribution >= 4 is 16.9 Å². The van der Waals surface area contributed by atoms with Gasteiger partial charge in [-0.2, -0.15) is 0 Å². The lowest BCUT2D eigenvalue weighted by molar-refractivity contribution is 0.0571. The number of hydrogen-bond acceptors (Lipinski definition) is 2. The van der Waals surface area contributed by atoms with Gasteiger partial charge >= 0.3 is 0 Å². The summed E-state index contributed by atoms with van der Waals surface area (Å²) in [4.78, 5) is 19.8. The van der Waals surface area contributed by atoms with Crippen molar-refractivity contribution in [3.8, 4) is 0 Å². The molecule has 5 rings (SSSR count). The maximum absolute atomic E-state index is 13.6. The molecule has 1 aromatic heterocycles. The highest BCUT2D eigenvalue weighted by atomic mass is 19.1. The molecule has 2 aliphatic rings. The Hall–Kier alpha value is -2.69. The number of carbonyl (C=O) groups is 1. The first-order chi connectivity index (χ1) is 13.5. The summed E-state index contributed by atoms with van der Waals surface area (Å²) in [5, 5.41) is 0. The molecule has 28 heavy (non-hydrogen) atoms. The van der Waals surface area contributed by atoms with Gasteiger partial charge < -0.3 is 9.47 Å². The molecule has 3 aromatic rings. The van der Waals surface area contributed by atoms with Gasteiger partial charge in [-0.1, -0.05) is 12.1 Å². The summed E-state index contributed by atoms with van der Waals surface area (Å²) in [6.45, 7) is 1.82. The van der Waals surface area contributed by atoms with Gasteiger partial charge in [0, 0.05) is 24.7 Å². The molecule has 2 fully saturated rings. The van der Waals surface area contributed by atoms with Crippen LogP contribution in [0.2, 0.25) is 0 Å². The quantitative estimate of drug-likeness (QED) is 0.656. The van der Waals surface area contributed by atoms with Gasteiger partial charge in [-0.15, -0.1) is 0 Å². The zero-order chi connectivity index (χ0) is 19.4. The second-order valence-electron chi connectivity index (χ2n) is 8.33. The fourth-order valence-electron chi connectivity index (χ4n) is 5.12. The van der Waals surface area contributed by atoms with Gasteiger partial charge in [0.05, 0.1) is 17.4 Å². The van der Waals surface area contributed by atoms with Gasteiger partial charge in [0.2, 0.25) is 0 Å². The number of imidazole rings is 1. The molecule has 1 amide bonds. The zero-order valence-electron chi connectivity index (χ0n) is 16.2. The van der Waals surface area contributed by atoms with Crippen LogP contribution in [0.15, 0.2) is 42.7 Å². The molecule has 4 nitrogen and oxygen atoms in total. The Kier molecular flexibility index (Phi) is 4.00. The summed E-state index contributed by atoms with van der Waals surface area (Å²) in [7, 11) is 1.96. The third-order valence-electron chi connectivity index (χ3n) is 6.59. The second-order valence-corrected chi connectivity index (χ2v) is 8.33. The van der Waals surface area contributed by atoms with Crippen LogP contribution in [0.3, 0.4) is 0 Å². The second kappa shape index (κ2) is 6.43. The van der Waals surface area contributed by atoms with E-state index < -0.39 is 0 Å². The summed E-state index contributed by atoms with van der Waals surface area (Å²) in [5.41, 5.74) is 4.52. The van der Waals surface area contributed by atoms with Crippen LogP contribution < -0.4 is 0 Å². The predicted octanol–water partition coefficient (Wildman–Crippen LogP) is 4.57. The van der Waals surface area contributed by atoms with E-state index in [1.165, 1.54) is 5.56 Å². The van der Waals surface area contributed by atoms with Gasteiger partial charge in [-0.05, 0) is 73.9 Å². The Morgan fingerprint density at radius 1 is 1.11 bits per heavy atom. The van der Waals surface area contributed by atoms with Crippen LogP contribution in [-0.4, -0.2) is 32.4 Å². The highest BCUT2D eigenvalue weighted by Gasteiger charge is 2.43. The van der Waals surface area contributed by atoms with Gasteiger partial charge in [0.1, 0.15) is 5.82 Å². The van der Waals surface area contributed by atoms with Crippen molar-refractivity contribution in [1.82, 2.24) is 14.5 Å². The molecule has 0 spiro atoms. The van der Waals surface area contributed by atoms with E-state index in [4.69, 9.17) is 0 Å². The van der Waals surface area contributed by atoms with Crippen molar-refractivity contribution in [3.63, 3.8) is 0 Å². The van der Waals surface area contributed by atoms with E-state index in [1.807, 2.05) is 48.9 Å². The number of aromatic nitrogens is 2. The third-order valence-corrected chi connectivity index (χ3v) is 6.59. The molecule has 0 aliphatic carbocycles. The number of fused-ring (bicyclic) bond motifs is 3. The van der Waals surface area contributed by atoms with Crippen LogP contribution in [0.1, 0.15) is 53.1 Å². The lowest BCUT2D eigenvalue weighted by Crippen LogP contribution is -2.46. The predicted molar refractivity (Wildman–Crippen MR) is 107 cm³/mol. The summed E-state index contributed by atoms with van der Waals surface area (Å²) >= 11 is 0. The number of carbonyl (C=O) groups excluding carboxylic acids is 1. The van der Waals surface area contributed by atoms with Crippen molar-refractivity contribution in [1.29, 1.82) is 0 Å². The van der Waals surface area contributed by atoms with Crippen LogP contribution in [0, 0.1) is 12.7 Å². The Labute approximate surface area is 164 Å². The van der Waals surface area contributed by atoms with Crippen molar-refractivity contribution < 1.29 is 9.18 Å². The fraction of sp³-hybridized carbons (Fsp3) is 0.391. The molecule has 3 heterocycles. The largest absolute Gasteiger partial charge is 0.334 e. The number of piperidine rings is 1. The molecule has 1 unspecified atom stereocenters. The standard InChI is InChI=1S/C23H24FN3O/c1-14-9-15(3-7-20(14)24)17-10-18-5-6-19(11-17)27(18)23(28)16-4-8-22-21(12-16)25-13-26(22)2/h3-4,7-9,12-13,17-19H,5-6,10-11H2,1-2H3/t17?,18-,19+. The summed E-state index contributed by atoms with van der Waals surface area (Å²) in [6, 6.07) is 11.8. The van der Waals surface area contributed by atoms with Crippen molar-refractivity contribution in [2.45, 2.75) is 50.6 Å². The molecule has 144 valence electrons. The first kappa shape index (κ1) is 17.4. The molecule has 2 bridgehead atoms. The summed E-state index contributed by atoms with van der Waals surface area (Å²) in [6.07, 6.45) is 5.80.